The van der Waals surface area contributed by atoms with Crippen molar-refractivity contribution in [2.45, 2.75) is 12.5 Å². The first-order valence-corrected chi connectivity index (χ1v) is 6.62. The Morgan fingerprint density at radius 1 is 0.789 bits per heavy atom. The molecule has 1 nitrogen and oxygen atoms in total. The van der Waals surface area contributed by atoms with E-state index in [2.05, 4.69) is 60.7 Å². The molecule has 0 amide bonds. The van der Waals surface area contributed by atoms with Crippen LogP contribution in [0.15, 0.2) is 72.8 Å². The van der Waals surface area contributed by atoms with E-state index in [1.54, 1.807) is 0 Å². The Kier molecular flexibility index (Phi) is 3.30. The standard InChI is InChI=1S/C18H17N/c19-18-12-16(14-7-3-1-4-8-14)11-17(13-18)15-9-5-2-6-10-15/h1-12,18H,13,19H2. The van der Waals surface area contributed by atoms with Gasteiger partial charge >= 0.3 is 0 Å². The molecule has 0 saturated heterocycles. The van der Waals surface area contributed by atoms with Crippen LogP contribution in [0.1, 0.15) is 17.5 Å². The molecule has 0 aliphatic heterocycles. The summed E-state index contributed by atoms with van der Waals surface area (Å²) in [6.07, 6.45) is 5.32. The molecule has 0 radical (unpaired) electrons. The molecule has 0 fully saturated rings. The first-order chi connectivity index (χ1) is 9.33. The second-order valence-electron chi connectivity index (χ2n) is 4.89. The molecular formula is C18H17N. The monoisotopic (exact) mass is 247 g/mol. The van der Waals surface area contributed by atoms with E-state index in [-0.39, 0.29) is 6.04 Å². The van der Waals surface area contributed by atoms with Crippen molar-refractivity contribution in [3.63, 3.8) is 0 Å². The summed E-state index contributed by atoms with van der Waals surface area (Å²) in [5, 5.41) is 0. The second kappa shape index (κ2) is 5.25. The van der Waals surface area contributed by atoms with Crippen LogP contribution < -0.4 is 5.73 Å². The van der Waals surface area contributed by atoms with Crippen LogP contribution in [0.4, 0.5) is 0 Å². The molecule has 1 aliphatic carbocycles. The minimum atomic E-state index is 0.0930. The van der Waals surface area contributed by atoms with E-state index in [1.807, 2.05) is 12.1 Å². The minimum Gasteiger partial charge on any atom is -0.324 e. The third-order valence-electron chi connectivity index (χ3n) is 3.43. The van der Waals surface area contributed by atoms with Gasteiger partial charge in [-0.05, 0) is 28.7 Å². The van der Waals surface area contributed by atoms with Crippen molar-refractivity contribution in [2.75, 3.05) is 0 Å². The van der Waals surface area contributed by atoms with Gasteiger partial charge in [-0.15, -0.1) is 0 Å². The van der Waals surface area contributed by atoms with Crippen molar-refractivity contribution in [3.05, 3.63) is 83.9 Å². The Bertz CT molecular complexity index is 609. The highest BCUT2D eigenvalue weighted by Gasteiger charge is 2.14. The zero-order valence-corrected chi connectivity index (χ0v) is 10.8. The van der Waals surface area contributed by atoms with Crippen LogP contribution in [0.3, 0.4) is 0 Å². The maximum atomic E-state index is 6.17. The molecule has 1 aliphatic rings. The lowest BCUT2D eigenvalue weighted by Gasteiger charge is -2.19. The molecule has 94 valence electrons. The largest absolute Gasteiger partial charge is 0.324 e. The van der Waals surface area contributed by atoms with Gasteiger partial charge in [-0.3, -0.25) is 0 Å². The molecule has 2 aromatic carbocycles. The average molecular weight is 247 g/mol. The number of hydrogen-bond donors (Lipinski definition) is 1. The second-order valence-corrected chi connectivity index (χ2v) is 4.89. The van der Waals surface area contributed by atoms with Crippen LogP contribution in [0.2, 0.25) is 0 Å². The molecule has 1 heteroatoms. The topological polar surface area (TPSA) is 26.0 Å². The first kappa shape index (κ1) is 11.9. The Morgan fingerprint density at radius 2 is 1.37 bits per heavy atom. The Labute approximate surface area is 114 Å². The zero-order chi connectivity index (χ0) is 13.1. The lowest BCUT2D eigenvalue weighted by atomic mass is 9.88. The van der Waals surface area contributed by atoms with Crippen molar-refractivity contribution in [2.24, 2.45) is 5.73 Å². The highest BCUT2D eigenvalue weighted by molar-refractivity contribution is 5.86. The van der Waals surface area contributed by atoms with Gasteiger partial charge in [0.15, 0.2) is 0 Å². The van der Waals surface area contributed by atoms with Gasteiger partial charge in [0.2, 0.25) is 0 Å². The van der Waals surface area contributed by atoms with Crippen molar-refractivity contribution >= 4 is 11.1 Å². The normalized spacial score (nSPS) is 18.7. The molecule has 0 spiro atoms. The van der Waals surface area contributed by atoms with Crippen LogP contribution in [-0.2, 0) is 0 Å². The van der Waals surface area contributed by atoms with Crippen molar-refractivity contribution in [1.82, 2.24) is 0 Å². The van der Waals surface area contributed by atoms with Gasteiger partial charge in [0.05, 0.1) is 0 Å². The molecule has 3 rings (SSSR count). The summed E-state index contributed by atoms with van der Waals surface area (Å²) in [5.41, 5.74) is 11.2. The van der Waals surface area contributed by atoms with E-state index in [9.17, 15) is 0 Å². The molecule has 1 atom stereocenters. The average Bonchev–Trinajstić information content (AvgIpc) is 2.48. The minimum absolute atomic E-state index is 0.0930. The fourth-order valence-corrected chi connectivity index (χ4v) is 2.50. The van der Waals surface area contributed by atoms with Crippen molar-refractivity contribution < 1.29 is 0 Å². The van der Waals surface area contributed by atoms with Crippen LogP contribution in [0.25, 0.3) is 11.1 Å². The Hall–Kier alpha value is -2.12. The Morgan fingerprint density at radius 3 is 2.00 bits per heavy atom. The highest BCUT2D eigenvalue weighted by atomic mass is 14.6. The number of hydrogen-bond acceptors (Lipinski definition) is 1. The highest BCUT2D eigenvalue weighted by Crippen LogP contribution is 2.30. The fraction of sp³-hybridized carbons (Fsp3) is 0.111. The number of rotatable bonds is 2. The Balaban J connectivity index is 2.00. The molecule has 0 aromatic heterocycles. The zero-order valence-electron chi connectivity index (χ0n) is 10.8. The van der Waals surface area contributed by atoms with Crippen molar-refractivity contribution in [3.8, 4) is 0 Å². The smallest absolute Gasteiger partial charge is 0.0273 e. The molecule has 0 bridgehead atoms. The van der Waals surface area contributed by atoms with Crippen molar-refractivity contribution in [1.29, 1.82) is 0 Å². The summed E-state index contributed by atoms with van der Waals surface area (Å²) >= 11 is 0. The van der Waals surface area contributed by atoms with Crippen LogP contribution in [0.5, 0.6) is 0 Å². The summed E-state index contributed by atoms with van der Waals surface area (Å²) in [5.74, 6) is 0. The first-order valence-electron chi connectivity index (χ1n) is 6.62. The third kappa shape index (κ3) is 2.67. The van der Waals surface area contributed by atoms with Gasteiger partial charge < -0.3 is 5.73 Å². The third-order valence-corrected chi connectivity index (χ3v) is 3.43. The number of nitrogens with two attached hydrogens (primary N) is 1. The summed E-state index contributed by atoms with van der Waals surface area (Å²) in [6.45, 7) is 0. The van der Waals surface area contributed by atoms with Crippen LogP contribution >= 0.6 is 0 Å². The summed E-state index contributed by atoms with van der Waals surface area (Å²) in [6, 6.07) is 21.0. The number of allylic oxidation sites excluding steroid dienone is 2. The summed E-state index contributed by atoms with van der Waals surface area (Å²) in [7, 11) is 0. The van der Waals surface area contributed by atoms with Crippen LogP contribution in [-0.4, -0.2) is 6.04 Å². The molecule has 2 aromatic rings. The maximum absolute atomic E-state index is 6.17. The van der Waals surface area contributed by atoms with E-state index in [0.717, 1.165) is 6.42 Å². The maximum Gasteiger partial charge on any atom is 0.0273 e. The van der Waals surface area contributed by atoms with Gasteiger partial charge in [0.1, 0.15) is 0 Å². The molecule has 1 unspecified atom stereocenters. The molecule has 19 heavy (non-hydrogen) atoms. The van der Waals surface area contributed by atoms with E-state index in [1.165, 1.54) is 22.3 Å². The quantitative estimate of drug-likeness (QED) is 0.856. The number of benzene rings is 2. The van der Waals surface area contributed by atoms with Gasteiger partial charge in [0.25, 0.3) is 0 Å². The van der Waals surface area contributed by atoms with Gasteiger partial charge in [-0.1, -0.05) is 72.8 Å². The summed E-state index contributed by atoms with van der Waals surface area (Å²) < 4.78 is 0. The lowest BCUT2D eigenvalue weighted by Crippen LogP contribution is -2.20. The molecular weight excluding hydrogens is 230 g/mol. The van der Waals surface area contributed by atoms with Gasteiger partial charge in [-0.25, -0.2) is 0 Å². The molecule has 0 heterocycles. The van der Waals surface area contributed by atoms with Gasteiger partial charge in [-0.2, -0.15) is 0 Å². The van der Waals surface area contributed by atoms with Gasteiger partial charge in [0, 0.05) is 6.04 Å². The predicted molar refractivity (Wildman–Crippen MR) is 81.4 cm³/mol. The SMILES string of the molecule is NC1C=C(c2ccccc2)C=C(c2ccccc2)C1. The van der Waals surface area contributed by atoms with E-state index in [0.29, 0.717) is 0 Å². The molecule has 0 saturated carbocycles. The predicted octanol–water partition coefficient (Wildman–Crippen LogP) is 3.88. The lowest BCUT2D eigenvalue weighted by molar-refractivity contribution is 0.841. The van der Waals surface area contributed by atoms with Crippen LogP contribution in [0, 0.1) is 0 Å². The fourth-order valence-electron chi connectivity index (χ4n) is 2.50. The van der Waals surface area contributed by atoms with E-state index < -0.39 is 0 Å². The van der Waals surface area contributed by atoms with E-state index in [4.69, 9.17) is 5.73 Å². The summed E-state index contributed by atoms with van der Waals surface area (Å²) in [4.78, 5) is 0. The molecule has 2 N–H and O–H groups in total. The van der Waals surface area contributed by atoms with E-state index >= 15 is 0 Å².